The SMILES string of the molecule is C=CCNC(=O)N1CCN(c2ccccc2Oc2ccccc2)CC1. The van der Waals surface area contributed by atoms with Crippen molar-refractivity contribution in [2.45, 2.75) is 0 Å². The number of ether oxygens (including phenoxy) is 1. The van der Waals surface area contributed by atoms with Gasteiger partial charge in [0.15, 0.2) is 5.75 Å². The highest BCUT2D eigenvalue weighted by Crippen LogP contribution is 2.32. The van der Waals surface area contributed by atoms with Gasteiger partial charge in [-0.05, 0) is 24.3 Å². The first-order chi connectivity index (χ1) is 12.3. The number of rotatable bonds is 5. The molecule has 1 fully saturated rings. The van der Waals surface area contributed by atoms with Crippen molar-refractivity contribution in [2.24, 2.45) is 0 Å². The first kappa shape index (κ1) is 16.9. The van der Waals surface area contributed by atoms with Gasteiger partial charge in [-0.2, -0.15) is 0 Å². The van der Waals surface area contributed by atoms with Crippen LogP contribution in [0, 0.1) is 0 Å². The first-order valence-electron chi connectivity index (χ1n) is 8.48. The van der Waals surface area contributed by atoms with E-state index in [1.54, 1.807) is 6.08 Å². The van der Waals surface area contributed by atoms with Crippen LogP contribution in [0.15, 0.2) is 67.3 Å². The van der Waals surface area contributed by atoms with E-state index in [2.05, 4.69) is 22.9 Å². The highest BCUT2D eigenvalue weighted by molar-refractivity contribution is 5.74. The largest absolute Gasteiger partial charge is 0.455 e. The molecule has 0 aliphatic carbocycles. The van der Waals surface area contributed by atoms with Crippen LogP contribution in [-0.4, -0.2) is 43.7 Å². The summed E-state index contributed by atoms with van der Waals surface area (Å²) in [5, 5.41) is 2.83. The molecule has 0 atom stereocenters. The van der Waals surface area contributed by atoms with Gasteiger partial charge in [-0.1, -0.05) is 36.4 Å². The van der Waals surface area contributed by atoms with E-state index in [1.165, 1.54) is 0 Å². The molecule has 1 aliphatic rings. The van der Waals surface area contributed by atoms with Gasteiger partial charge < -0.3 is 19.9 Å². The number of nitrogens with zero attached hydrogens (tertiary/aromatic N) is 2. The first-order valence-corrected chi connectivity index (χ1v) is 8.48. The van der Waals surface area contributed by atoms with Crippen LogP contribution in [0.1, 0.15) is 0 Å². The molecule has 0 spiro atoms. The zero-order valence-corrected chi connectivity index (χ0v) is 14.2. The monoisotopic (exact) mass is 337 g/mol. The summed E-state index contributed by atoms with van der Waals surface area (Å²) in [5.74, 6) is 1.65. The van der Waals surface area contributed by atoms with Gasteiger partial charge in [0, 0.05) is 32.7 Å². The van der Waals surface area contributed by atoms with Crippen molar-refractivity contribution >= 4 is 11.7 Å². The Morgan fingerprint density at radius 1 is 1.04 bits per heavy atom. The third kappa shape index (κ3) is 4.32. The lowest BCUT2D eigenvalue weighted by Gasteiger charge is -2.36. The summed E-state index contributed by atoms with van der Waals surface area (Å²) in [6, 6.07) is 17.8. The molecule has 3 rings (SSSR count). The topological polar surface area (TPSA) is 44.8 Å². The second-order valence-corrected chi connectivity index (χ2v) is 5.83. The van der Waals surface area contributed by atoms with Crippen LogP contribution in [-0.2, 0) is 0 Å². The number of piperazine rings is 1. The van der Waals surface area contributed by atoms with Crippen molar-refractivity contribution in [1.82, 2.24) is 10.2 Å². The number of para-hydroxylation sites is 3. The maximum Gasteiger partial charge on any atom is 0.317 e. The van der Waals surface area contributed by atoms with Gasteiger partial charge in [-0.15, -0.1) is 6.58 Å². The standard InChI is InChI=1S/C20H23N3O2/c1-2-12-21-20(24)23-15-13-22(14-16-23)18-10-6-7-11-19(18)25-17-8-4-3-5-9-17/h2-11H,1,12-16H2,(H,21,24). The van der Waals surface area contributed by atoms with E-state index < -0.39 is 0 Å². The van der Waals surface area contributed by atoms with Crippen LogP contribution in [0.2, 0.25) is 0 Å². The molecule has 2 amide bonds. The minimum absolute atomic E-state index is 0.0339. The van der Waals surface area contributed by atoms with Crippen LogP contribution in [0.4, 0.5) is 10.5 Å². The molecule has 25 heavy (non-hydrogen) atoms. The number of anilines is 1. The molecule has 1 saturated heterocycles. The normalized spacial score (nSPS) is 14.1. The number of carbonyl (C=O) groups excluding carboxylic acids is 1. The molecule has 0 bridgehead atoms. The van der Waals surface area contributed by atoms with Gasteiger partial charge in [0.1, 0.15) is 5.75 Å². The highest BCUT2D eigenvalue weighted by Gasteiger charge is 2.22. The molecule has 0 saturated carbocycles. The van der Waals surface area contributed by atoms with Gasteiger partial charge in [0.2, 0.25) is 0 Å². The lowest BCUT2D eigenvalue weighted by molar-refractivity contribution is 0.195. The summed E-state index contributed by atoms with van der Waals surface area (Å²) in [7, 11) is 0. The summed E-state index contributed by atoms with van der Waals surface area (Å²) >= 11 is 0. The number of hydrogen-bond donors (Lipinski definition) is 1. The molecule has 1 heterocycles. The summed E-state index contributed by atoms with van der Waals surface area (Å²) in [6.07, 6.45) is 1.69. The van der Waals surface area contributed by atoms with E-state index in [0.29, 0.717) is 19.6 Å². The van der Waals surface area contributed by atoms with Crippen molar-refractivity contribution in [2.75, 3.05) is 37.6 Å². The maximum absolute atomic E-state index is 12.0. The number of nitrogens with one attached hydrogen (secondary N) is 1. The van der Waals surface area contributed by atoms with Crippen molar-refractivity contribution in [3.05, 3.63) is 67.3 Å². The minimum Gasteiger partial charge on any atom is -0.455 e. The molecular formula is C20H23N3O2. The average molecular weight is 337 g/mol. The van der Waals surface area contributed by atoms with E-state index in [-0.39, 0.29) is 6.03 Å². The zero-order valence-electron chi connectivity index (χ0n) is 14.2. The van der Waals surface area contributed by atoms with Gasteiger partial charge >= 0.3 is 6.03 Å². The van der Waals surface area contributed by atoms with E-state index in [1.807, 2.05) is 53.4 Å². The van der Waals surface area contributed by atoms with Crippen LogP contribution >= 0.6 is 0 Å². The molecule has 130 valence electrons. The van der Waals surface area contributed by atoms with Gasteiger partial charge in [-0.25, -0.2) is 4.79 Å². The lowest BCUT2D eigenvalue weighted by Crippen LogP contribution is -2.51. The van der Waals surface area contributed by atoms with E-state index in [0.717, 1.165) is 30.3 Å². The third-order valence-electron chi connectivity index (χ3n) is 4.14. The number of carbonyl (C=O) groups is 1. The number of urea groups is 1. The Morgan fingerprint density at radius 3 is 2.44 bits per heavy atom. The highest BCUT2D eigenvalue weighted by atomic mass is 16.5. The molecule has 1 N–H and O–H groups in total. The Bertz CT molecular complexity index is 710. The Balaban J connectivity index is 1.65. The molecule has 1 aliphatic heterocycles. The lowest BCUT2D eigenvalue weighted by atomic mass is 10.2. The van der Waals surface area contributed by atoms with E-state index >= 15 is 0 Å². The second kappa shape index (κ2) is 8.24. The fourth-order valence-electron chi connectivity index (χ4n) is 2.84. The molecule has 5 nitrogen and oxygen atoms in total. The van der Waals surface area contributed by atoms with E-state index in [9.17, 15) is 4.79 Å². The zero-order chi connectivity index (χ0) is 17.5. The summed E-state index contributed by atoms with van der Waals surface area (Å²) in [4.78, 5) is 16.1. The van der Waals surface area contributed by atoms with Gasteiger partial charge in [0.25, 0.3) is 0 Å². The Hall–Kier alpha value is -2.95. The molecule has 2 aromatic carbocycles. The van der Waals surface area contributed by atoms with Crippen LogP contribution < -0.4 is 15.0 Å². The fourth-order valence-corrected chi connectivity index (χ4v) is 2.84. The number of amides is 2. The van der Waals surface area contributed by atoms with Gasteiger partial charge in [-0.3, -0.25) is 0 Å². The Labute approximate surface area is 148 Å². The number of hydrogen-bond acceptors (Lipinski definition) is 3. The van der Waals surface area contributed by atoms with Crippen LogP contribution in [0.5, 0.6) is 11.5 Å². The van der Waals surface area contributed by atoms with Crippen LogP contribution in [0.25, 0.3) is 0 Å². The van der Waals surface area contributed by atoms with Crippen molar-refractivity contribution in [3.63, 3.8) is 0 Å². The molecule has 0 aromatic heterocycles. The average Bonchev–Trinajstić information content (AvgIpc) is 2.67. The number of benzene rings is 2. The second-order valence-electron chi connectivity index (χ2n) is 5.83. The molecule has 0 unspecified atom stereocenters. The van der Waals surface area contributed by atoms with E-state index in [4.69, 9.17) is 4.74 Å². The van der Waals surface area contributed by atoms with Crippen molar-refractivity contribution in [1.29, 1.82) is 0 Å². The minimum atomic E-state index is -0.0339. The summed E-state index contributed by atoms with van der Waals surface area (Å²) in [6.45, 7) is 7.03. The smallest absolute Gasteiger partial charge is 0.317 e. The Kier molecular flexibility index (Phi) is 5.57. The third-order valence-corrected chi connectivity index (χ3v) is 4.14. The predicted molar refractivity (Wildman–Crippen MR) is 100 cm³/mol. The molecular weight excluding hydrogens is 314 g/mol. The van der Waals surface area contributed by atoms with Crippen molar-refractivity contribution < 1.29 is 9.53 Å². The van der Waals surface area contributed by atoms with Gasteiger partial charge in [0.05, 0.1) is 5.69 Å². The maximum atomic E-state index is 12.0. The van der Waals surface area contributed by atoms with Crippen LogP contribution in [0.3, 0.4) is 0 Å². The summed E-state index contributed by atoms with van der Waals surface area (Å²) < 4.78 is 6.04. The fraction of sp³-hybridized carbons (Fsp3) is 0.250. The molecule has 0 radical (unpaired) electrons. The quantitative estimate of drug-likeness (QED) is 0.850. The Morgan fingerprint density at radius 2 is 1.72 bits per heavy atom. The van der Waals surface area contributed by atoms with Crippen molar-refractivity contribution in [3.8, 4) is 11.5 Å². The summed E-state index contributed by atoms with van der Waals surface area (Å²) in [5.41, 5.74) is 1.05. The predicted octanol–water partition coefficient (Wildman–Crippen LogP) is 3.50. The molecule has 5 heteroatoms. The molecule has 2 aromatic rings.